The Morgan fingerprint density at radius 3 is 3.12 bits per heavy atom. The molecule has 1 atom stereocenters. The Morgan fingerprint density at radius 2 is 2.38 bits per heavy atom. The van der Waals surface area contributed by atoms with Crippen LogP contribution in [0.5, 0.6) is 5.75 Å². The predicted molar refractivity (Wildman–Crippen MR) is 57.3 cm³/mol. The number of hydrogen-bond donors (Lipinski definition) is 1. The highest BCUT2D eigenvalue weighted by molar-refractivity contribution is 5.66. The maximum Gasteiger partial charge on any atom is 0.303 e. The predicted octanol–water partition coefficient (Wildman–Crippen LogP) is 2.09. The number of benzene rings is 1. The summed E-state index contributed by atoms with van der Waals surface area (Å²) in [5.41, 5.74) is 2.18. The normalized spacial score (nSPS) is 18.7. The van der Waals surface area contributed by atoms with Crippen molar-refractivity contribution in [1.82, 2.24) is 0 Å². The van der Waals surface area contributed by atoms with Crippen molar-refractivity contribution < 1.29 is 19.4 Å². The van der Waals surface area contributed by atoms with Gasteiger partial charge < -0.3 is 14.6 Å². The quantitative estimate of drug-likeness (QED) is 0.850. The van der Waals surface area contributed by atoms with Crippen LogP contribution in [0.1, 0.15) is 24.0 Å². The maximum atomic E-state index is 10.4. The van der Waals surface area contributed by atoms with Gasteiger partial charge in [-0.1, -0.05) is 17.7 Å². The first-order valence-electron chi connectivity index (χ1n) is 5.25. The van der Waals surface area contributed by atoms with E-state index >= 15 is 0 Å². The average Bonchev–Trinajstić information content (AvgIpc) is 2.26. The Hall–Kier alpha value is -1.55. The molecule has 2 rings (SSSR count). The number of rotatable bonds is 3. The maximum absolute atomic E-state index is 10.4. The molecule has 0 bridgehead atoms. The summed E-state index contributed by atoms with van der Waals surface area (Å²) in [6.45, 7) is 2.50. The van der Waals surface area contributed by atoms with Gasteiger partial charge in [-0.15, -0.1) is 0 Å². The van der Waals surface area contributed by atoms with Crippen molar-refractivity contribution in [2.75, 3.05) is 0 Å². The van der Waals surface area contributed by atoms with E-state index in [-0.39, 0.29) is 6.42 Å². The zero-order valence-corrected chi connectivity index (χ0v) is 9.10. The van der Waals surface area contributed by atoms with Gasteiger partial charge in [-0.2, -0.15) is 0 Å². The van der Waals surface area contributed by atoms with Gasteiger partial charge in [0.2, 0.25) is 6.29 Å². The van der Waals surface area contributed by atoms with Crippen molar-refractivity contribution >= 4 is 5.97 Å². The Kier molecular flexibility index (Phi) is 3.10. The lowest BCUT2D eigenvalue weighted by Crippen LogP contribution is -2.26. The lowest BCUT2D eigenvalue weighted by molar-refractivity contribution is -0.143. The van der Waals surface area contributed by atoms with Gasteiger partial charge in [0.05, 0.1) is 13.0 Å². The first-order valence-corrected chi connectivity index (χ1v) is 5.25. The molecule has 1 heterocycles. The molecular formula is C12H14O4. The van der Waals surface area contributed by atoms with E-state index in [1.54, 1.807) is 0 Å². The second-order valence-corrected chi connectivity index (χ2v) is 3.90. The molecular weight excluding hydrogens is 208 g/mol. The molecule has 1 unspecified atom stereocenters. The number of carboxylic acids is 1. The van der Waals surface area contributed by atoms with Crippen molar-refractivity contribution in [3.63, 3.8) is 0 Å². The third-order valence-electron chi connectivity index (χ3n) is 2.49. The van der Waals surface area contributed by atoms with E-state index in [0.29, 0.717) is 13.0 Å². The van der Waals surface area contributed by atoms with Crippen molar-refractivity contribution in [2.45, 2.75) is 32.7 Å². The zero-order chi connectivity index (χ0) is 11.5. The highest BCUT2D eigenvalue weighted by Gasteiger charge is 2.20. The molecule has 0 saturated carbocycles. The number of carbonyl (C=O) groups is 1. The van der Waals surface area contributed by atoms with Gasteiger partial charge in [-0.05, 0) is 13.0 Å². The summed E-state index contributed by atoms with van der Waals surface area (Å²) < 4.78 is 11.0. The monoisotopic (exact) mass is 222 g/mol. The molecule has 0 spiro atoms. The van der Waals surface area contributed by atoms with E-state index in [2.05, 4.69) is 0 Å². The molecule has 0 radical (unpaired) electrons. The molecule has 16 heavy (non-hydrogen) atoms. The van der Waals surface area contributed by atoms with Crippen LogP contribution in [0, 0.1) is 6.92 Å². The van der Waals surface area contributed by atoms with Crippen molar-refractivity contribution in [3.05, 3.63) is 29.3 Å². The highest BCUT2D eigenvalue weighted by Crippen LogP contribution is 2.28. The summed E-state index contributed by atoms with van der Waals surface area (Å²) in [5, 5.41) is 8.56. The van der Waals surface area contributed by atoms with Gasteiger partial charge in [0, 0.05) is 12.0 Å². The van der Waals surface area contributed by atoms with Crippen LogP contribution in [0.3, 0.4) is 0 Å². The summed E-state index contributed by atoms with van der Waals surface area (Å²) >= 11 is 0. The molecule has 1 aromatic carbocycles. The van der Waals surface area contributed by atoms with Crippen LogP contribution < -0.4 is 4.74 Å². The standard InChI is InChI=1S/C12H14O4/c1-8-2-3-10-9(6-8)7-15-12(16-10)5-4-11(13)14/h2-3,6,12H,4-5,7H2,1H3,(H,13,14). The molecule has 0 saturated heterocycles. The topological polar surface area (TPSA) is 55.8 Å². The second kappa shape index (κ2) is 4.53. The molecule has 1 N–H and O–H groups in total. The van der Waals surface area contributed by atoms with Gasteiger partial charge in [0.1, 0.15) is 5.75 Å². The van der Waals surface area contributed by atoms with Crippen LogP contribution in [-0.2, 0) is 16.1 Å². The Balaban J connectivity index is 2.01. The van der Waals surface area contributed by atoms with Crippen LogP contribution in [0.2, 0.25) is 0 Å². The van der Waals surface area contributed by atoms with Gasteiger partial charge in [0.25, 0.3) is 0 Å². The smallest absolute Gasteiger partial charge is 0.303 e. The SMILES string of the molecule is Cc1ccc2c(c1)COC(CCC(=O)O)O2. The fourth-order valence-corrected chi connectivity index (χ4v) is 1.68. The molecule has 0 fully saturated rings. The third kappa shape index (κ3) is 2.52. The Bertz CT molecular complexity index is 400. The van der Waals surface area contributed by atoms with E-state index in [4.69, 9.17) is 14.6 Å². The van der Waals surface area contributed by atoms with E-state index in [9.17, 15) is 4.79 Å². The van der Waals surface area contributed by atoms with E-state index in [1.807, 2.05) is 25.1 Å². The first kappa shape index (κ1) is 11.0. The Labute approximate surface area is 93.8 Å². The van der Waals surface area contributed by atoms with Crippen LogP contribution in [0.4, 0.5) is 0 Å². The lowest BCUT2D eigenvalue weighted by Gasteiger charge is -2.26. The van der Waals surface area contributed by atoms with Gasteiger partial charge in [-0.25, -0.2) is 0 Å². The van der Waals surface area contributed by atoms with Gasteiger partial charge in [0.15, 0.2) is 0 Å². The Morgan fingerprint density at radius 1 is 1.56 bits per heavy atom. The van der Waals surface area contributed by atoms with E-state index in [1.165, 1.54) is 0 Å². The third-order valence-corrected chi connectivity index (χ3v) is 2.49. The molecule has 1 aliphatic rings. The summed E-state index contributed by atoms with van der Waals surface area (Å²) in [4.78, 5) is 10.4. The van der Waals surface area contributed by atoms with E-state index < -0.39 is 12.3 Å². The minimum absolute atomic E-state index is 0.0614. The number of carboxylic acid groups (broad SMARTS) is 1. The molecule has 4 heteroatoms. The second-order valence-electron chi connectivity index (χ2n) is 3.90. The zero-order valence-electron chi connectivity index (χ0n) is 9.10. The molecule has 0 aliphatic carbocycles. The number of hydrogen-bond acceptors (Lipinski definition) is 3. The molecule has 1 aromatic rings. The fourth-order valence-electron chi connectivity index (χ4n) is 1.68. The highest BCUT2D eigenvalue weighted by atomic mass is 16.7. The number of aliphatic carboxylic acids is 1. The minimum atomic E-state index is -0.832. The minimum Gasteiger partial charge on any atom is -0.481 e. The summed E-state index contributed by atoms with van der Waals surface area (Å²) in [5.74, 6) is -0.0332. The summed E-state index contributed by atoms with van der Waals surface area (Å²) in [6.07, 6.45) is 0.000394. The lowest BCUT2D eigenvalue weighted by atomic mass is 10.1. The number of ether oxygens (including phenoxy) is 2. The van der Waals surface area contributed by atoms with Crippen molar-refractivity contribution in [2.24, 2.45) is 0 Å². The molecule has 0 amide bonds. The fraction of sp³-hybridized carbons (Fsp3) is 0.417. The largest absolute Gasteiger partial charge is 0.481 e. The molecule has 4 nitrogen and oxygen atoms in total. The van der Waals surface area contributed by atoms with Crippen molar-refractivity contribution in [3.8, 4) is 5.75 Å². The first-order chi connectivity index (χ1) is 7.65. The van der Waals surface area contributed by atoms with Crippen molar-refractivity contribution in [1.29, 1.82) is 0 Å². The van der Waals surface area contributed by atoms with E-state index in [0.717, 1.165) is 16.9 Å². The number of aryl methyl sites for hydroxylation is 1. The summed E-state index contributed by atoms with van der Waals surface area (Å²) in [7, 11) is 0. The van der Waals surface area contributed by atoms with Crippen LogP contribution in [-0.4, -0.2) is 17.4 Å². The average molecular weight is 222 g/mol. The number of fused-ring (bicyclic) bond motifs is 1. The molecule has 1 aliphatic heterocycles. The summed E-state index contributed by atoms with van der Waals surface area (Å²) in [6, 6.07) is 5.89. The van der Waals surface area contributed by atoms with Crippen LogP contribution in [0.25, 0.3) is 0 Å². The van der Waals surface area contributed by atoms with Gasteiger partial charge in [-0.3, -0.25) is 4.79 Å². The molecule has 86 valence electrons. The van der Waals surface area contributed by atoms with Crippen LogP contribution in [0.15, 0.2) is 18.2 Å². The van der Waals surface area contributed by atoms with Gasteiger partial charge >= 0.3 is 5.97 Å². The van der Waals surface area contributed by atoms with Crippen LogP contribution >= 0.6 is 0 Å². The molecule has 0 aromatic heterocycles.